The number of halogens is 1. The normalized spacial score (nSPS) is 10.6. The van der Waals surface area contributed by atoms with Gasteiger partial charge in [0.25, 0.3) is 0 Å². The van der Waals surface area contributed by atoms with Gasteiger partial charge in [0.15, 0.2) is 5.13 Å². The second-order valence-corrected chi connectivity index (χ2v) is 6.10. The fraction of sp³-hybridized carbons (Fsp3) is 0.118. The van der Waals surface area contributed by atoms with E-state index < -0.39 is 0 Å². The maximum absolute atomic E-state index is 13.7. The van der Waals surface area contributed by atoms with Gasteiger partial charge < -0.3 is 5.32 Å². The lowest BCUT2D eigenvalue weighted by atomic mass is 10.1. The Labute approximate surface area is 127 Å². The van der Waals surface area contributed by atoms with E-state index in [9.17, 15) is 4.39 Å². The molecule has 0 aliphatic heterocycles. The van der Waals surface area contributed by atoms with Crippen molar-refractivity contribution >= 4 is 22.2 Å². The van der Waals surface area contributed by atoms with Crippen molar-refractivity contribution in [2.45, 2.75) is 13.8 Å². The van der Waals surface area contributed by atoms with Crippen molar-refractivity contribution in [1.29, 1.82) is 0 Å². The van der Waals surface area contributed by atoms with Crippen molar-refractivity contribution in [3.8, 4) is 11.3 Å². The van der Waals surface area contributed by atoms with Crippen LogP contribution in [-0.2, 0) is 0 Å². The largest absolute Gasteiger partial charge is 0.329 e. The molecule has 2 nitrogen and oxygen atoms in total. The topological polar surface area (TPSA) is 24.9 Å². The van der Waals surface area contributed by atoms with Crippen molar-refractivity contribution in [2.24, 2.45) is 0 Å². The monoisotopic (exact) mass is 298 g/mol. The van der Waals surface area contributed by atoms with Crippen molar-refractivity contribution in [3.05, 3.63) is 64.8 Å². The summed E-state index contributed by atoms with van der Waals surface area (Å²) in [4.78, 5) is 5.70. The number of aromatic nitrogens is 1. The Morgan fingerprint density at radius 3 is 2.43 bits per heavy atom. The minimum Gasteiger partial charge on any atom is -0.329 e. The second-order valence-electron chi connectivity index (χ2n) is 4.89. The Morgan fingerprint density at radius 2 is 1.71 bits per heavy atom. The Kier molecular flexibility index (Phi) is 3.71. The Hall–Kier alpha value is -2.20. The summed E-state index contributed by atoms with van der Waals surface area (Å²) < 4.78 is 13.7. The first kappa shape index (κ1) is 13.8. The van der Waals surface area contributed by atoms with Gasteiger partial charge in [0.05, 0.1) is 11.4 Å². The molecule has 0 aliphatic rings. The van der Waals surface area contributed by atoms with Crippen LogP contribution >= 0.6 is 11.3 Å². The van der Waals surface area contributed by atoms with E-state index in [1.807, 2.05) is 6.92 Å². The standard InChI is InChI=1S/C17H15FN2S/c1-11-7-9-13(10-8-11)16-12(2)21-17(20-16)19-15-6-4-3-5-14(15)18/h3-10H,1-2H3,(H,19,20). The molecule has 0 radical (unpaired) electrons. The molecule has 0 amide bonds. The lowest BCUT2D eigenvalue weighted by molar-refractivity contribution is 0.632. The van der Waals surface area contributed by atoms with E-state index in [1.165, 1.54) is 23.0 Å². The smallest absolute Gasteiger partial charge is 0.188 e. The van der Waals surface area contributed by atoms with Crippen LogP contribution in [0.2, 0.25) is 0 Å². The molecule has 3 rings (SSSR count). The first-order chi connectivity index (χ1) is 10.1. The van der Waals surface area contributed by atoms with E-state index >= 15 is 0 Å². The molecule has 4 heteroatoms. The van der Waals surface area contributed by atoms with Crippen molar-refractivity contribution in [3.63, 3.8) is 0 Å². The van der Waals surface area contributed by atoms with Crippen LogP contribution in [-0.4, -0.2) is 4.98 Å². The molecule has 2 aromatic carbocycles. The Morgan fingerprint density at radius 1 is 1.00 bits per heavy atom. The molecule has 0 saturated heterocycles. The van der Waals surface area contributed by atoms with E-state index in [0.717, 1.165) is 16.1 Å². The zero-order valence-corrected chi connectivity index (χ0v) is 12.7. The molecular formula is C17H15FN2S. The van der Waals surface area contributed by atoms with Gasteiger partial charge in [-0.1, -0.05) is 42.0 Å². The van der Waals surface area contributed by atoms with Gasteiger partial charge in [-0.25, -0.2) is 9.37 Å². The number of rotatable bonds is 3. The average molecular weight is 298 g/mol. The summed E-state index contributed by atoms with van der Waals surface area (Å²) in [7, 11) is 0. The number of nitrogens with zero attached hydrogens (tertiary/aromatic N) is 1. The predicted octanol–water partition coefficient (Wildman–Crippen LogP) is 5.31. The number of benzene rings is 2. The minimum atomic E-state index is -0.276. The molecule has 3 aromatic rings. The molecule has 1 N–H and O–H groups in total. The summed E-state index contributed by atoms with van der Waals surface area (Å²) in [5, 5.41) is 3.75. The summed E-state index contributed by atoms with van der Waals surface area (Å²) >= 11 is 1.53. The van der Waals surface area contributed by atoms with Crippen LogP contribution in [0.25, 0.3) is 11.3 Å². The van der Waals surface area contributed by atoms with Crippen LogP contribution in [0.4, 0.5) is 15.2 Å². The summed E-state index contributed by atoms with van der Waals surface area (Å²) in [6.07, 6.45) is 0. The Bertz CT molecular complexity index is 763. The highest BCUT2D eigenvalue weighted by Crippen LogP contribution is 2.32. The Balaban J connectivity index is 1.91. The number of hydrogen-bond donors (Lipinski definition) is 1. The maximum Gasteiger partial charge on any atom is 0.188 e. The van der Waals surface area contributed by atoms with Gasteiger partial charge in [-0.2, -0.15) is 0 Å². The van der Waals surface area contributed by atoms with Crippen molar-refractivity contribution in [1.82, 2.24) is 4.98 Å². The fourth-order valence-corrected chi connectivity index (χ4v) is 2.96. The molecule has 0 saturated carbocycles. The van der Waals surface area contributed by atoms with Gasteiger partial charge in [0.1, 0.15) is 5.82 Å². The lowest BCUT2D eigenvalue weighted by Crippen LogP contribution is -1.92. The van der Waals surface area contributed by atoms with Gasteiger partial charge in [0.2, 0.25) is 0 Å². The summed E-state index contributed by atoms with van der Waals surface area (Å²) in [6.45, 7) is 4.09. The zero-order valence-electron chi connectivity index (χ0n) is 11.9. The van der Waals surface area contributed by atoms with Crippen molar-refractivity contribution in [2.75, 3.05) is 5.32 Å². The number of para-hydroxylation sites is 1. The van der Waals surface area contributed by atoms with Gasteiger partial charge in [0, 0.05) is 10.4 Å². The molecule has 0 bridgehead atoms. The van der Waals surface area contributed by atoms with E-state index in [1.54, 1.807) is 18.2 Å². The first-order valence-electron chi connectivity index (χ1n) is 6.69. The van der Waals surface area contributed by atoms with E-state index in [-0.39, 0.29) is 5.82 Å². The SMILES string of the molecule is Cc1ccc(-c2nc(Nc3ccccc3F)sc2C)cc1. The van der Waals surface area contributed by atoms with Crippen LogP contribution in [0.15, 0.2) is 48.5 Å². The minimum absolute atomic E-state index is 0.276. The molecule has 0 fully saturated rings. The lowest BCUT2D eigenvalue weighted by Gasteiger charge is -2.03. The second kappa shape index (κ2) is 5.66. The van der Waals surface area contributed by atoms with Crippen LogP contribution in [0.5, 0.6) is 0 Å². The third kappa shape index (κ3) is 2.95. The first-order valence-corrected chi connectivity index (χ1v) is 7.51. The number of hydrogen-bond acceptors (Lipinski definition) is 3. The van der Waals surface area contributed by atoms with Gasteiger partial charge in [-0.05, 0) is 26.0 Å². The number of thiazole rings is 1. The maximum atomic E-state index is 13.7. The van der Waals surface area contributed by atoms with Gasteiger partial charge in [-0.15, -0.1) is 11.3 Å². The molecule has 0 aliphatic carbocycles. The molecule has 21 heavy (non-hydrogen) atoms. The molecule has 0 atom stereocenters. The highest BCUT2D eigenvalue weighted by molar-refractivity contribution is 7.16. The predicted molar refractivity (Wildman–Crippen MR) is 86.7 cm³/mol. The van der Waals surface area contributed by atoms with Crippen LogP contribution < -0.4 is 5.32 Å². The summed E-state index contributed by atoms with van der Waals surface area (Å²) in [6, 6.07) is 14.9. The van der Waals surface area contributed by atoms with Crippen LogP contribution in [0, 0.1) is 19.7 Å². The molecule has 1 heterocycles. The molecule has 106 valence electrons. The summed E-state index contributed by atoms with van der Waals surface area (Å²) in [5.74, 6) is -0.276. The number of aryl methyl sites for hydroxylation is 2. The third-order valence-corrected chi connectivity index (χ3v) is 4.12. The fourth-order valence-electron chi connectivity index (χ4n) is 2.11. The molecule has 0 unspecified atom stereocenters. The molecular weight excluding hydrogens is 283 g/mol. The van der Waals surface area contributed by atoms with E-state index in [2.05, 4.69) is 41.5 Å². The third-order valence-electron chi connectivity index (χ3n) is 3.24. The zero-order chi connectivity index (χ0) is 14.8. The molecule has 1 aromatic heterocycles. The highest BCUT2D eigenvalue weighted by Gasteiger charge is 2.11. The van der Waals surface area contributed by atoms with Crippen LogP contribution in [0.1, 0.15) is 10.4 Å². The van der Waals surface area contributed by atoms with Gasteiger partial charge >= 0.3 is 0 Å². The molecule has 0 spiro atoms. The van der Waals surface area contributed by atoms with E-state index in [0.29, 0.717) is 10.8 Å². The highest BCUT2D eigenvalue weighted by atomic mass is 32.1. The number of nitrogens with one attached hydrogen (secondary N) is 1. The average Bonchev–Trinajstić information content (AvgIpc) is 2.83. The quantitative estimate of drug-likeness (QED) is 0.709. The summed E-state index contributed by atoms with van der Waals surface area (Å²) in [5.41, 5.74) is 3.69. The van der Waals surface area contributed by atoms with Crippen molar-refractivity contribution < 1.29 is 4.39 Å². The van der Waals surface area contributed by atoms with Gasteiger partial charge in [-0.3, -0.25) is 0 Å². The van der Waals surface area contributed by atoms with Crippen LogP contribution in [0.3, 0.4) is 0 Å². The van der Waals surface area contributed by atoms with E-state index in [4.69, 9.17) is 0 Å². The number of anilines is 2.